The Hall–Kier alpha value is -0.0800. The highest BCUT2D eigenvalue weighted by molar-refractivity contribution is 4.93. The molecule has 0 bridgehead atoms. The van der Waals surface area contributed by atoms with E-state index in [1.165, 1.54) is 0 Å². The highest BCUT2D eigenvalue weighted by atomic mass is 16.5. The number of hydrogen-bond acceptors (Lipinski definition) is 2. The summed E-state index contributed by atoms with van der Waals surface area (Å²) in [7, 11) is 0. The zero-order chi connectivity index (χ0) is 9.95. The molecule has 0 N–H and O–H groups in total. The molecule has 1 fully saturated rings. The van der Waals surface area contributed by atoms with Crippen molar-refractivity contribution in [3.8, 4) is 0 Å². The topological polar surface area (TPSA) is 18.5 Å². The Morgan fingerprint density at radius 3 is 2.15 bits per heavy atom. The molecule has 2 nitrogen and oxygen atoms in total. The molecule has 0 aromatic rings. The van der Waals surface area contributed by atoms with Gasteiger partial charge in [0.15, 0.2) is 0 Å². The van der Waals surface area contributed by atoms with E-state index >= 15 is 0 Å². The van der Waals surface area contributed by atoms with Gasteiger partial charge in [-0.25, -0.2) is 0 Å². The van der Waals surface area contributed by atoms with E-state index in [-0.39, 0.29) is 11.0 Å². The lowest BCUT2D eigenvalue weighted by atomic mass is 9.71. The first-order valence-corrected chi connectivity index (χ1v) is 5.23. The molecule has 1 aliphatic rings. The minimum absolute atomic E-state index is 0.0417. The predicted molar refractivity (Wildman–Crippen MR) is 53.9 cm³/mol. The molecule has 0 spiro atoms. The molecule has 1 rings (SSSR count). The summed E-state index contributed by atoms with van der Waals surface area (Å²) < 4.78 is 11.3. The first-order valence-electron chi connectivity index (χ1n) is 5.23. The summed E-state index contributed by atoms with van der Waals surface area (Å²) in [5.74, 6) is 0. The fraction of sp³-hybridized carbons (Fsp3) is 1.00. The molecule has 0 atom stereocenters. The van der Waals surface area contributed by atoms with Crippen molar-refractivity contribution in [2.45, 2.75) is 46.1 Å². The molecule has 0 aromatic heterocycles. The van der Waals surface area contributed by atoms with Crippen molar-refractivity contribution in [1.82, 2.24) is 0 Å². The average molecular weight is 186 g/mol. The van der Waals surface area contributed by atoms with Gasteiger partial charge in [0.05, 0.1) is 5.60 Å². The van der Waals surface area contributed by atoms with Crippen LogP contribution in [0.4, 0.5) is 0 Å². The lowest BCUT2D eigenvalue weighted by Crippen LogP contribution is -2.49. The van der Waals surface area contributed by atoms with Crippen molar-refractivity contribution < 1.29 is 9.47 Å². The molecule has 1 heterocycles. The van der Waals surface area contributed by atoms with Gasteiger partial charge in [0.2, 0.25) is 0 Å². The van der Waals surface area contributed by atoms with Crippen LogP contribution in [0.3, 0.4) is 0 Å². The predicted octanol–water partition coefficient (Wildman–Crippen LogP) is 2.62. The number of ether oxygens (including phenoxy) is 2. The normalized spacial score (nSPS) is 23.1. The van der Waals surface area contributed by atoms with E-state index in [2.05, 4.69) is 27.7 Å². The van der Waals surface area contributed by atoms with Crippen LogP contribution in [0, 0.1) is 5.41 Å². The molecule has 0 radical (unpaired) electrons. The maximum atomic E-state index is 5.95. The second-order valence-electron chi connectivity index (χ2n) is 4.79. The maximum absolute atomic E-state index is 5.95. The van der Waals surface area contributed by atoms with Crippen LogP contribution >= 0.6 is 0 Å². The largest absolute Gasteiger partial charge is 0.381 e. The lowest BCUT2D eigenvalue weighted by molar-refractivity contribution is -0.163. The minimum atomic E-state index is 0.0417. The van der Waals surface area contributed by atoms with E-state index in [1.54, 1.807) is 0 Å². The Kier molecular flexibility index (Phi) is 3.36. The van der Waals surface area contributed by atoms with E-state index in [9.17, 15) is 0 Å². The van der Waals surface area contributed by atoms with Crippen molar-refractivity contribution in [3.05, 3.63) is 0 Å². The van der Waals surface area contributed by atoms with Gasteiger partial charge in [0.25, 0.3) is 0 Å². The SMILES string of the molecule is CCOC1(C(C)(C)C)CCOCC1. The standard InChI is InChI=1S/C11H22O2/c1-5-13-11(10(2,3)4)6-8-12-9-7-11/h5-9H2,1-4H3. The van der Waals surface area contributed by atoms with E-state index in [4.69, 9.17) is 9.47 Å². The van der Waals surface area contributed by atoms with E-state index in [1.807, 2.05) is 0 Å². The molecule has 0 unspecified atom stereocenters. The Labute approximate surface area is 81.6 Å². The van der Waals surface area contributed by atoms with E-state index in [0.29, 0.717) is 0 Å². The van der Waals surface area contributed by atoms with Crippen LogP contribution in [0.1, 0.15) is 40.5 Å². The summed E-state index contributed by atoms with van der Waals surface area (Å²) in [6.45, 7) is 11.3. The van der Waals surface area contributed by atoms with E-state index in [0.717, 1.165) is 32.7 Å². The fourth-order valence-electron chi connectivity index (χ4n) is 2.09. The Morgan fingerprint density at radius 2 is 1.77 bits per heavy atom. The quantitative estimate of drug-likeness (QED) is 0.660. The minimum Gasteiger partial charge on any atom is -0.381 e. The molecular weight excluding hydrogens is 164 g/mol. The van der Waals surface area contributed by atoms with Gasteiger partial charge in [-0.15, -0.1) is 0 Å². The average Bonchev–Trinajstić information content (AvgIpc) is 2.04. The Morgan fingerprint density at radius 1 is 1.23 bits per heavy atom. The molecule has 13 heavy (non-hydrogen) atoms. The van der Waals surface area contributed by atoms with Crippen LogP contribution in [0.5, 0.6) is 0 Å². The molecule has 2 heteroatoms. The summed E-state index contributed by atoms with van der Waals surface area (Å²) in [6.07, 6.45) is 2.06. The smallest absolute Gasteiger partial charge is 0.0774 e. The van der Waals surface area contributed by atoms with Gasteiger partial charge in [-0.3, -0.25) is 0 Å². The second-order valence-corrected chi connectivity index (χ2v) is 4.79. The van der Waals surface area contributed by atoms with Crippen LogP contribution in [0.25, 0.3) is 0 Å². The van der Waals surface area contributed by atoms with Gasteiger partial charge in [-0.1, -0.05) is 20.8 Å². The molecule has 0 amide bonds. The zero-order valence-corrected chi connectivity index (χ0v) is 9.35. The van der Waals surface area contributed by atoms with Crippen molar-refractivity contribution in [2.24, 2.45) is 5.41 Å². The third kappa shape index (κ3) is 2.23. The first kappa shape index (κ1) is 11.0. The molecule has 78 valence electrons. The van der Waals surface area contributed by atoms with Crippen molar-refractivity contribution >= 4 is 0 Å². The highest BCUT2D eigenvalue weighted by Gasteiger charge is 2.43. The van der Waals surface area contributed by atoms with Crippen LogP contribution in [-0.4, -0.2) is 25.4 Å². The molecule has 1 saturated heterocycles. The molecule has 1 aliphatic heterocycles. The zero-order valence-electron chi connectivity index (χ0n) is 9.35. The Bertz CT molecular complexity index is 146. The summed E-state index contributed by atoms with van der Waals surface area (Å²) in [5, 5.41) is 0. The van der Waals surface area contributed by atoms with Crippen LogP contribution in [0.15, 0.2) is 0 Å². The van der Waals surface area contributed by atoms with Crippen molar-refractivity contribution in [3.63, 3.8) is 0 Å². The summed E-state index contributed by atoms with van der Waals surface area (Å²) >= 11 is 0. The van der Waals surface area contributed by atoms with Gasteiger partial charge >= 0.3 is 0 Å². The first-order chi connectivity index (χ1) is 6.02. The molecule has 0 aliphatic carbocycles. The summed E-state index contributed by atoms with van der Waals surface area (Å²) in [5.41, 5.74) is 0.257. The van der Waals surface area contributed by atoms with Gasteiger partial charge in [-0.05, 0) is 12.3 Å². The second kappa shape index (κ2) is 3.97. The Balaban J connectivity index is 2.73. The van der Waals surface area contributed by atoms with Crippen LogP contribution in [-0.2, 0) is 9.47 Å². The fourth-order valence-corrected chi connectivity index (χ4v) is 2.09. The third-order valence-electron chi connectivity index (χ3n) is 3.09. The molecule has 0 saturated carbocycles. The van der Waals surface area contributed by atoms with Gasteiger partial charge in [0.1, 0.15) is 0 Å². The van der Waals surface area contributed by atoms with Crippen molar-refractivity contribution in [2.75, 3.05) is 19.8 Å². The van der Waals surface area contributed by atoms with Gasteiger partial charge in [0, 0.05) is 32.7 Å². The van der Waals surface area contributed by atoms with Crippen molar-refractivity contribution in [1.29, 1.82) is 0 Å². The maximum Gasteiger partial charge on any atom is 0.0774 e. The number of hydrogen-bond donors (Lipinski definition) is 0. The van der Waals surface area contributed by atoms with Gasteiger partial charge < -0.3 is 9.47 Å². The van der Waals surface area contributed by atoms with Gasteiger partial charge in [-0.2, -0.15) is 0 Å². The monoisotopic (exact) mass is 186 g/mol. The molecule has 0 aromatic carbocycles. The molecular formula is C11H22O2. The lowest BCUT2D eigenvalue weighted by Gasteiger charge is -2.46. The summed E-state index contributed by atoms with van der Waals surface area (Å²) in [4.78, 5) is 0. The van der Waals surface area contributed by atoms with Crippen LogP contribution in [0.2, 0.25) is 0 Å². The highest BCUT2D eigenvalue weighted by Crippen LogP contribution is 2.41. The van der Waals surface area contributed by atoms with Crippen LogP contribution < -0.4 is 0 Å². The van der Waals surface area contributed by atoms with E-state index < -0.39 is 0 Å². The number of rotatable bonds is 2. The third-order valence-corrected chi connectivity index (χ3v) is 3.09. The summed E-state index contributed by atoms with van der Waals surface area (Å²) in [6, 6.07) is 0.